The van der Waals surface area contributed by atoms with Crippen molar-refractivity contribution in [1.82, 2.24) is 0 Å². The number of benzene rings is 2. The van der Waals surface area contributed by atoms with Crippen LogP contribution in [0.3, 0.4) is 0 Å². The maximum absolute atomic E-state index is 4.35. The minimum Gasteiger partial charge on any atom is -0.0952 e. The van der Waals surface area contributed by atoms with Gasteiger partial charge in [0.25, 0.3) is 0 Å². The zero-order valence-electron chi connectivity index (χ0n) is 22.3. The van der Waals surface area contributed by atoms with E-state index < -0.39 is 0 Å². The largest absolute Gasteiger partial charge is 0.0952 e. The number of fused-ring (bicyclic) bond motifs is 1. The molecule has 0 N–H and O–H groups in total. The van der Waals surface area contributed by atoms with Gasteiger partial charge >= 0.3 is 0 Å². The van der Waals surface area contributed by atoms with Crippen LogP contribution in [0, 0.1) is 6.92 Å². The van der Waals surface area contributed by atoms with E-state index in [0.717, 1.165) is 6.42 Å². The summed E-state index contributed by atoms with van der Waals surface area (Å²) < 4.78 is 0. The first-order valence-corrected chi connectivity index (χ1v) is 13.8. The Morgan fingerprint density at radius 1 is 0.706 bits per heavy atom. The summed E-state index contributed by atoms with van der Waals surface area (Å²) in [6, 6.07) is 14.9. The molecular formula is C34H44. The van der Waals surface area contributed by atoms with Gasteiger partial charge in [0.1, 0.15) is 0 Å². The molecule has 1 fully saturated rings. The molecule has 2 aromatic rings. The molecule has 0 spiro atoms. The Hall–Kier alpha value is -2.08. The summed E-state index contributed by atoms with van der Waals surface area (Å²) in [5.74, 6) is 0. The average molecular weight is 453 g/mol. The van der Waals surface area contributed by atoms with E-state index in [-0.39, 0.29) is 16.2 Å². The monoisotopic (exact) mass is 452 g/mol. The molecule has 0 bridgehead atoms. The van der Waals surface area contributed by atoms with Crippen molar-refractivity contribution in [2.45, 2.75) is 115 Å². The highest BCUT2D eigenvalue weighted by Gasteiger charge is 2.41. The van der Waals surface area contributed by atoms with Crippen LogP contribution in [0.2, 0.25) is 0 Å². The lowest BCUT2D eigenvalue weighted by Crippen LogP contribution is -2.36. The van der Waals surface area contributed by atoms with Crippen LogP contribution in [0.5, 0.6) is 0 Å². The van der Waals surface area contributed by atoms with Crippen LogP contribution < -0.4 is 0 Å². The van der Waals surface area contributed by atoms with Gasteiger partial charge in [-0.1, -0.05) is 96.0 Å². The summed E-state index contributed by atoms with van der Waals surface area (Å²) in [5, 5.41) is 0. The van der Waals surface area contributed by atoms with Crippen LogP contribution >= 0.6 is 0 Å². The second-order valence-corrected chi connectivity index (χ2v) is 12.8. The Balaban J connectivity index is 1.63. The summed E-state index contributed by atoms with van der Waals surface area (Å²) in [6.07, 6.45) is 15.1. The van der Waals surface area contributed by atoms with Crippen molar-refractivity contribution in [3.8, 4) is 0 Å². The highest BCUT2D eigenvalue weighted by molar-refractivity contribution is 5.79. The normalized spacial score (nSPS) is 23.2. The number of hydrogen-bond acceptors (Lipinski definition) is 0. The Kier molecular flexibility index (Phi) is 5.94. The van der Waals surface area contributed by atoms with E-state index >= 15 is 0 Å². The Morgan fingerprint density at radius 3 is 1.94 bits per heavy atom. The van der Waals surface area contributed by atoms with Crippen molar-refractivity contribution in [3.63, 3.8) is 0 Å². The van der Waals surface area contributed by atoms with Crippen molar-refractivity contribution in [3.05, 3.63) is 88.0 Å². The summed E-state index contributed by atoms with van der Waals surface area (Å²) in [4.78, 5) is 0. The van der Waals surface area contributed by atoms with Crippen molar-refractivity contribution in [2.75, 3.05) is 0 Å². The molecule has 1 saturated carbocycles. The van der Waals surface area contributed by atoms with Crippen molar-refractivity contribution in [2.24, 2.45) is 0 Å². The van der Waals surface area contributed by atoms with Crippen LogP contribution in [0.25, 0.3) is 5.57 Å². The minimum absolute atomic E-state index is 0.144. The number of allylic oxidation sites excluding steroid dienone is 3. The van der Waals surface area contributed by atoms with Crippen LogP contribution in [-0.4, -0.2) is 0 Å². The SMILES string of the molecule is C=C1CCCC=C1c1ccc(C2(c3cc4c(cc3C)C(C)(C)CCC4(C)C)CCCCC2)cc1. The molecule has 0 unspecified atom stereocenters. The lowest BCUT2D eigenvalue weighted by atomic mass is 9.59. The molecule has 0 atom stereocenters. The third-order valence-electron chi connectivity index (χ3n) is 9.58. The van der Waals surface area contributed by atoms with Crippen molar-refractivity contribution in [1.29, 1.82) is 0 Å². The van der Waals surface area contributed by atoms with E-state index in [9.17, 15) is 0 Å². The Bertz CT molecular complexity index is 1110. The molecule has 2 aromatic carbocycles. The molecule has 0 heteroatoms. The molecule has 0 aliphatic heterocycles. The maximum Gasteiger partial charge on any atom is 0.0205 e. The second-order valence-electron chi connectivity index (χ2n) is 12.8. The highest BCUT2D eigenvalue weighted by atomic mass is 14.5. The second kappa shape index (κ2) is 8.54. The molecule has 34 heavy (non-hydrogen) atoms. The topological polar surface area (TPSA) is 0 Å². The van der Waals surface area contributed by atoms with E-state index in [1.54, 1.807) is 16.7 Å². The molecular weight excluding hydrogens is 408 g/mol. The first-order chi connectivity index (χ1) is 16.1. The number of aryl methyl sites for hydroxylation is 1. The Morgan fingerprint density at radius 2 is 1.32 bits per heavy atom. The van der Waals surface area contributed by atoms with Crippen LogP contribution in [0.1, 0.15) is 125 Å². The molecule has 3 aliphatic carbocycles. The summed E-state index contributed by atoms with van der Waals surface area (Å²) in [7, 11) is 0. The predicted molar refractivity (Wildman–Crippen MR) is 148 cm³/mol. The van der Waals surface area contributed by atoms with Gasteiger partial charge in [0, 0.05) is 5.41 Å². The predicted octanol–water partition coefficient (Wildman–Crippen LogP) is 9.72. The van der Waals surface area contributed by atoms with E-state index in [1.165, 1.54) is 85.6 Å². The van der Waals surface area contributed by atoms with E-state index in [2.05, 4.69) is 83.7 Å². The molecule has 3 aliphatic rings. The van der Waals surface area contributed by atoms with Gasteiger partial charge in [-0.2, -0.15) is 0 Å². The first-order valence-electron chi connectivity index (χ1n) is 13.8. The van der Waals surface area contributed by atoms with Crippen LogP contribution in [0.4, 0.5) is 0 Å². The third-order valence-corrected chi connectivity index (χ3v) is 9.58. The first kappa shape index (κ1) is 23.7. The van der Waals surface area contributed by atoms with E-state index in [0.29, 0.717) is 0 Å². The smallest absolute Gasteiger partial charge is 0.0205 e. The molecule has 0 aromatic heterocycles. The van der Waals surface area contributed by atoms with Gasteiger partial charge in [0.15, 0.2) is 0 Å². The molecule has 0 radical (unpaired) electrons. The van der Waals surface area contributed by atoms with Gasteiger partial charge in [-0.15, -0.1) is 0 Å². The van der Waals surface area contributed by atoms with Gasteiger partial charge in [-0.05, 0) is 107 Å². The van der Waals surface area contributed by atoms with Crippen LogP contribution in [-0.2, 0) is 16.2 Å². The maximum atomic E-state index is 4.35. The minimum atomic E-state index is 0.144. The summed E-state index contributed by atoms with van der Waals surface area (Å²) in [5.41, 5.74) is 12.5. The lowest BCUT2D eigenvalue weighted by molar-refractivity contribution is 0.324. The van der Waals surface area contributed by atoms with Crippen molar-refractivity contribution < 1.29 is 0 Å². The summed E-state index contributed by atoms with van der Waals surface area (Å²) in [6.45, 7) is 16.6. The van der Waals surface area contributed by atoms with Gasteiger partial charge in [-0.3, -0.25) is 0 Å². The van der Waals surface area contributed by atoms with Gasteiger partial charge in [-0.25, -0.2) is 0 Å². The van der Waals surface area contributed by atoms with Gasteiger partial charge in [0.2, 0.25) is 0 Å². The summed E-state index contributed by atoms with van der Waals surface area (Å²) >= 11 is 0. The fourth-order valence-electron chi connectivity index (χ4n) is 7.24. The van der Waals surface area contributed by atoms with Crippen LogP contribution in [0.15, 0.2) is 54.6 Å². The standard InChI is InChI=1S/C34H44/c1-24-12-8-9-13-28(24)26-14-16-27(17-15-26)34(18-10-7-11-19-34)29-23-31-30(22-25(29)2)32(3,4)20-21-33(31,5)6/h13-17,22-23H,1,7-12,18-21H2,2-6H3. The molecule has 5 rings (SSSR count). The van der Waals surface area contributed by atoms with Gasteiger partial charge in [0.05, 0.1) is 0 Å². The zero-order chi connectivity index (χ0) is 24.1. The molecule has 0 nitrogen and oxygen atoms in total. The number of hydrogen-bond donors (Lipinski definition) is 0. The molecule has 0 saturated heterocycles. The van der Waals surface area contributed by atoms with E-state index in [1.807, 2.05) is 0 Å². The highest BCUT2D eigenvalue weighted by Crippen LogP contribution is 2.51. The van der Waals surface area contributed by atoms with Gasteiger partial charge < -0.3 is 0 Å². The molecule has 180 valence electrons. The fraction of sp³-hybridized carbons (Fsp3) is 0.529. The lowest BCUT2D eigenvalue weighted by Gasteiger charge is -2.45. The molecule has 0 heterocycles. The quantitative estimate of drug-likeness (QED) is 0.435. The molecule has 0 amide bonds. The van der Waals surface area contributed by atoms with Crippen molar-refractivity contribution >= 4 is 5.57 Å². The zero-order valence-corrected chi connectivity index (χ0v) is 22.3. The number of rotatable bonds is 3. The Labute approximate surface area is 208 Å². The van der Waals surface area contributed by atoms with E-state index in [4.69, 9.17) is 0 Å². The average Bonchev–Trinajstić information content (AvgIpc) is 2.83. The third kappa shape index (κ3) is 3.92. The fourth-order valence-corrected chi connectivity index (χ4v) is 7.24.